The number of rotatable bonds is 4. The van der Waals surface area contributed by atoms with Crippen LogP contribution in [0.1, 0.15) is 17.2 Å². The molecule has 0 saturated heterocycles. The van der Waals surface area contributed by atoms with Crippen LogP contribution in [-0.2, 0) is 7.05 Å². The summed E-state index contributed by atoms with van der Waals surface area (Å²) in [4.78, 5) is 4.25. The number of halogens is 2. The summed E-state index contributed by atoms with van der Waals surface area (Å²) in [6.45, 7) is 0. The van der Waals surface area contributed by atoms with E-state index in [1.54, 1.807) is 12.3 Å². The van der Waals surface area contributed by atoms with Crippen LogP contribution in [0.15, 0.2) is 79.6 Å². The van der Waals surface area contributed by atoms with Gasteiger partial charge < -0.3 is 9.13 Å². The third-order valence-electron chi connectivity index (χ3n) is 4.44. The lowest BCUT2D eigenvalue weighted by atomic mass is 9.94. The minimum Gasteiger partial charge on any atom is -0.356 e. The quantitative estimate of drug-likeness (QED) is 0.435. The number of benzene rings is 2. The van der Waals surface area contributed by atoms with Crippen molar-refractivity contribution in [2.24, 2.45) is 7.05 Å². The average molecular weight is 382 g/mol. The van der Waals surface area contributed by atoms with Crippen LogP contribution in [0, 0.1) is 0 Å². The van der Waals surface area contributed by atoms with Gasteiger partial charge in [-0.1, -0.05) is 59.6 Å². The van der Waals surface area contributed by atoms with Crippen molar-refractivity contribution in [1.29, 1.82) is 0 Å². The largest absolute Gasteiger partial charge is 0.356 e. The fourth-order valence-corrected chi connectivity index (χ4v) is 3.84. The molecule has 1 unspecified atom stereocenters. The van der Waals surface area contributed by atoms with E-state index in [2.05, 4.69) is 50.8 Å². The lowest BCUT2D eigenvalue weighted by molar-refractivity contribution is 0.676. The van der Waals surface area contributed by atoms with Crippen LogP contribution in [-0.4, -0.2) is 14.1 Å². The second kappa shape index (κ2) is 7.02. The predicted octanol–water partition coefficient (Wildman–Crippen LogP) is 5.83. The highest BCUT2D eigenvalue weighted by Crippen LogP contribution is 2.38. The summed E-state index contributed by atoms with van der Waals surface area (Å²) in [5, 5.41) is 1.27. The molecular weight excluding hydrogens is 365 g/mol. The summed E-state index contributed by atoms with van der Waals surface area (Å²) in [6, 6.07) is 16.0. The molecule has 0 bridgehead atoms. The van der Waals surface area contributed by atoms with Crippen LogP contribution in [0.5, 0.6) is 0 Å². The first-order valence-electron chi connectivity index (χ1n) is 8.27. The standard InChI is InChI=1S/C21H17Cl2N3/c1-25-12-18(17-8-7-16(22)11-20(17)23)19(13-25)21(26-10-9-24-14-26)15-5-3-2-4-6-15/h2-14,21H,1H3. The van der Waals surface area contributed by atoms with Gasteiger partial charge in [-0.2, -0.15) is 0 Å². The Balaban J connectivity index is 1.93. The highest BCUT2D eigenvalue weighted by Gasteiger charge is 2.22. The van der Waals surface area contributed by atoms with Gasteiger partial charge in [0.15, 0.2) is 0 Å². The van der Waals surface area contributed by atoms with Crippen molar-refractivity contribution >= 4 is 23.2 Å². The lowest BCUT2D eigenvalue weighted by Crippen LogP contribution is -2.11. The summed E-state index contributed by atoms with van der Waals surface area (Å²) in [5.41, 5.74) is 4.38. The average Bonchev–Trinajstić information content (AvgIpc) is 3.27. The first-order chi connectivity index (χ1) is 12.6. The van der Waals surface area contributed by atoms with Gasteiger partial charge in [0, 0.05) is 58.6 Å². The van der Waals surface area contributed by atoms with Gasteiger partial charge in [0.1, 0.15) is 0 Å². The molecule has 0 saturated carbocycles. The second-order valence-electron chi connectivity index (χ2n) is 6.24. The highest BCUT2D eigenvalue weighted by molar-refractivity contribution is 6.36. The molecule has 4 aromatic rings. The molecule has 26 heavy (non-hydrogen) atoms. The molecule has 1 atom stereocenters. The molecule has 0 fully saturated rings. The molecule has 0 aliphatic carbocycles. The van der Waals surface area contributed by atoms with E-state index in [-0.39, 0.29) is 6.04 Å². The number of hydrogen-bond acceptors (Lipinski definition) is 1. The van der Waals surface area contributed by atoms with E-state index in [4.69, 9.17) is 23.2 Å². The molecule has 3 nitrogen and oxygen atoms in total. The van der Waals surface area contributed by atoms with E-state index in [1.807, 2.05) is 37.8 Å². The minimum atomic E-state index is 0.00152. The van der Waals surface area contributed by atoms with Gasteiger partial charge in [0.05, 0.1) is 12.4 Å². The Bertz CT molecular complexity index is 1020. The molecule has 0 aliphatic heterocycles. The topological polar surface area (TPSA) is 22.8 Å². The SMILES string of the molecule is Cn1cc(-c2ccc(Cl)cc2Cl)c(C(c2ccccc2)n2ccnc2)c1. The molecule has 0 amide bonds. The monoisotopic (exact) mass is 381 g/mol. The van der Waals surface area contributed by atoms with E-state index in [9.17, 15) is 0 Å². The number of nitrogens with zero attached hydrogens (tertiary/aromatic N) is 3. The summed E-state index contributed by atoms with van der Waals surface area (Å²) >= 11 is 12.6. The fourth-order valence-electron chi connectivity index (χ4n) is 3.33. The van der Waals surface area contributed by atoms with Gasteiger partial charge in [0.25, 0.3) is 0 Å². The number of hydrogen-bond donors (Lipinski definition) is 0. The lowest BCUT2D eigenvalue weighted by Gasteiger charge is -2.20. The van der Waals surface area contributed by atoms with Crippen LogP contribution in [0.4, 0.5) is 0 Å². The van der Waals surface area contributed by atoms with Crippen LogP contribution < -0.4 is 0 Å². The van der Waals surface area contributed by atoms with Crippen molar-refractivity contribution in [3.63, 3.8) is 0 Å². The van der Waals surface area contributed by atoms with Gasteiger partial charge in [-0.15, -0.1) is 0 Å². The Morgan fingerprint density at radius 1 is 0.962 bits per heavy atom. The summed E-state index contributed by atoms with van der Waals surface area (Å²) < 4.78 is 4.17. The first kappa shape index (κ1) is 17.0. The Morgan fingerprint density at radius 2 is 1.77 bits per heavy atom. The van der Waals surface area contributed by atoms with Crippen LogP contribution in [0.2, 0.25) is 10.0 Å². The van der Waals surface area contributed by atoms with Gasteiger partial charge in [-0.3, -0.25) is 0 Å². The van der Waals surface area contributed by atoms with E-state index in [0.717, 1.165) is 16.7 Å². The fraction of sp³-hybridized carbons (Fsp3) is 0.0952. The van der Waals surface area contributed by atoms with E-state index >= 15 is 0 Å². The van der Waals surface area contributed by atoms with Crippen molar-refractivity contribution in [2.75, 3.05) is 0 Å². The molecule has 0 spiro atoms. The summed E-state index contributed by atoms with van der Waals surface area (Å²) in [6.07, 6.45) is 9.86. The van der Waals surface area contributed by atoms with Gasteiger partial charge in [-0.05, 0) is 17.7 Å². The van der Waals surface area contributed by atoms with E-state index in [1.165, 1.54) is 5.56 Å². The molecule has 2 heterocycles. The normalized spacial score (nSPS) is 12.3. The predicted molar refractivity (Wildman–Crippen MR) is 107 cm³/mol. The molecule has 2 aromatic heterocycles. The molecule has 0 N–H and O–H groups in total. The Labute approximate surface area is 162 Å². The number of imidazole rings is 1. The maximum atomic E-state index is 6.51. The molecule has 4 rings (SSSR count). The molecule has 0 aliphatic rings. The Kier molecular flexibility index (Phi) is 4.58. The van der Waals surface area contributed by atoms with Crippen LogP contribution >= 0.6 is 23.2 Å². The maximum Gasteiger partial charge on any atom is 0.0954 e. The van der Waals surface area contributed by atoms with Crippen molar-refractivity contribution < 1.29 is 0 Å². The van der Waals surface area contributed by atoms with E-state index in [0.29, 0.717) is 10.0 Å². The highest BCUT2D eigenvalue weighted by atomic mass is 35.5. The van der Waals surface area contributed by atoms with Crippen molar-refractivity contribution in [3.05, 3.63) is 101 Å². The number of aryl methyl sites for hydroxylation is 1. The third-order valence-corrected chi connectivity index (χ3v) is 4.99. The zero-order valence-corrected chi connectivity index (χ0v) is 15.7. The minimum absolute atomic E-state index is 0.00152. The second-order valence-corrected chi connectivity index (χ2v) is 7.08. The first-order valence-corrected chi connectivity index (χ1v) is 9.03. The zero-order chi connectivity index (χ0) is 18.1. The van der Waals surface area contributed by atoms with Gasteiger partial charge >= 0.3 is 0 Å². The zero-order valence-electron chi connectivity index (χ0n) is 14.2. The molecular formula is C21H17Cl2N3. The number of aromatic nitrogens is 3. The van der Waals surface area contributed by atoms with Crippen molar-refractivity contribution in [1.82, 2.24) is 14.1 Å². The summed E-state index contributed by atoms with van der Waals surface area (Å²) in [5.74, 6) is 0. The third kappa shape index (κ3) is 3.16. The molecule has 2 aromatic carbocycles. The maximum absolute atomic E-state index is 6.51. The summed E-state index contributed by atoms with van der Waals surface area (Å²) in [7, 11) is 2.02. The smallest absolute Gasteiger partial charge is 0.0954 e. The Hall–Kier alpha value is -2.49. The van der Waals surface area contributed by atoms with Crippen molar-refractivity contribution in [3.8, 4) is 11.1 Å². The molecule has 5 heteroatoms. The molecule has 0 radical (unpaired) electrons. The van der Waals surface area contributed by atoms with Crippen molar-refractivity contribution in [2.45, 2.75) is 6.04 Å². The van der Waals surface area contributed by atoms with Gasteiger partial charge in [0.2, 0.25) is 0 Å². The van der Waals surface area contributed by atoms with Crippen LogP contribution in [0.3, 0.4) is 0 Å². The van der Waals surface area contributed by atoms with Crippen LogP contribution in [0.25, 0.3) is 11.1 Å². The van der Waals surface area contributed by atoms with Gasteiger partial charge in [-0.25, -0.2) is 4.98 Å². The van der Waals surface area contributed by atoms with E-state index < -0.39 is 0 Å². The Morgan fingerprint density at radius 3 is 2.46 bits per heavy atom. The molecule has 130 valence electrons.